The molecule has 1 aromatic rings. The number of hydrogen-bond acceptors (Lipinski definition) is 3. The molecule has 0 radical (unpaired) electrons. The van der Waals surface area contributed by atoms with E-state index in [1.165, 1.54) is 13.5 Å². The standard InChI is InChI=1S/C19H30N2O3/c1-4-6-10-15(5-2)14-20-19(23)21-17(18(22)24-3)13-16-11-8-7-9-12-16/h7-9,11-12,15,17H,4-6,10,13-14H2,1-3H3,(H2,20,21,23). The Morgan fingerprint density at radius 1 is 1.17 bits per heavy atom. The van der Waals surface area contributed by atoms with Gasteiger partial charge in [-0.1, -0.05) is 63.4 Å². The van der Waals surface area contributed by atoms with Crippen molar-refractivity contribution in [2.75, 3.05) is 13.7 Å². The second-order valence-electron chi connectivity index (χ2n) is 6.04. The quantitative estimate of drug-likeness (QED) is 0.645. The van der Waals surface area contributed by atoms with Gasteiger partial charge in [-0.15, -0.1) is 0 Å². The Morgan fingerprint density at radius 3 is 2.46 bits per heavy atom. The summed E-state index contributed by atoms with van der Waals surface area (Å²) in [5.41, 5.74) is 0.975. The molecule has 0 aliphatic heterocycles. The lowest BCUT2D eigenvalue weighted by atomic mass is 9.99. The molecule has 1 rings (SSSR count). The summed E-state index contributed by atoms with van der Waals surface area (Å²) >= 11 is 0. The molecule has 0 spiro atoms. The molecule has 0 saturated heterocycles. The zero-order valence-electron chi connectivity index (χ0n) is 15.0. The van der Waals surface area contributed by atoms with Crippen molar-refractivity contribution in [1.29, 1.82) is 0 Å². The van der Waals surface area contributed by atoms with Gasteiger partial charge in [0.25, 0.3) is 0 Å². The summed E-state index contributed by atoms with van der Waals surface area (Å²) in [7, 11) is 1.33. The van der Waals surface area contributed by atoms with Crippen LogP contribution in [0.3, 0.4) is 0 Å². The Kier molecular flexibility index (Phi) is 9.58. The maximum atomic E-state index is 12.1. The van der Waals surface area contributed by atoms with Gasteiger partial charge in [0.05, 0.1) is 7.11 Å². The average molecular weight is 334 g/mol. The molecule has 5 heteroatoms. The molecule has 0 bridgehead atoms. The van der Waals surface area contributed by atoms with Crippen molar-refractivity contribution in [3.8, 4) is 0 Å². The number of ether oxygens (including phenoxy) is 1. The van der Waals surface area contributed by atoms with E-state index in [0.717, 1.165) is 24.8 Å². The molecule has 24 heavy (non-hydrogen) atoms. The Labute approximate surface area is 145 Å². The second kappa shape index (κ2) is 11.5. The molecule has 0 aliphatic rings. The van der Waals surface area contributed by atoms with Crippen molar-refractivity contribution >= 4 is 12.0 Å². The largest absolute Gasteiger partial charge is 0.467 e. The number of amides is 2. The lowest BCUT2D eigenvalue weighted by molar-refractivity contribution is -0.142. The fraction of sp³-hybridized carbons (Fsp3) is 0.579. The Hall–Kier alpha value is -2.04. The van der Waals surface area contributed by atoms with Gasteiger partial charge < -0.3 is 15.4 Å². The summed E-state index contributed by atoms with van der Waals surface area (Å²) in [6, 6.07) is 8.56. The molecule has 2 unspecified atom stereocenters. The van der Waals surface area contributed by atoms with Crippen LogP contribution >= 0.6 is 0 Å². The maximum Gasteiger partial charge on any atom is 0.328 e. The van der Waals surface area contributed by atoms with E-state index in [4.69, 9.17) is 4.74 Å². The summed E-state index contributed by atoms with van der Waals surface area (Å²) in [5.74, 6) is 0.0356. The van der Waals surface area contributed by atoms with Crippen LogP contribution in [-0.4, -0.2) is 31.7 Å². The molecule has 1 aromatic carbocycles. The molecular formula is C19H30N2O3. The zero-order valence-corrected chi connectivity index (χ0v) is 15.0. The van der Waals surface area contributed by atoms with Gasteiger partial charge >= 0.3 is 12.0 Å². The van der Waals surface area contributed by atoms with Gasteiger partial charge in [-0.2, -0.15) is 0 Å². The number of carbonyl (C=O) groups is 2. The third-order valence-electron chi connectivity index (χ3n) is 4.17. The number of rotatable bonds is 10. The normalized spacial score (nSPS) is 13.0. The Balaban J connectivity index is 2.53. The molecular weight excluding hydrogens is 304 g/mol. The first-order chi connectivity index (χ1) is 11.6. The van der Waals surface area contributed by atoms with Crippen molar-refractivity contribution < 1.29 is 14.3 Å². The molecule has 2 amide bonds. The minimum atomic E-state index is -0.687. The molecule has 0 fully saturated rings. The molecule has 0 saturated carbocycles. The number of carbonyl (C=O) groups excluding carboxylic acids is 2. The Morgan fingerprint density at radius 2 is 1.88 bits per heavy atom. The monoisotopic (exact) mass is 334 g/mol. The Bertz CT molecular complexity index is 491. The second-order valence-corrected chi connectivity index (χ2v) is 6.04. The summed E-state index contributed by atoms with van der Waals surface area (Å²) in [5, 5.41) is 5.61. The summed E-state index contributed by atoms with van der Waals surface area (Å²) in [6.07, 6.45) is 4.88. The SMILES string of the molecule is CCCCC(CC)CNC(=O)NC(Cc1ccccc1)C(=O)OC. The molecule has 0 heterocycles. The highest BCUT2D eigenvalue weighted by atomic mass is 16.5. The van der Waals surface area contributed by atoms with E-state index < -0.39 is 12.0 Å². The number of benzene rings is 1. The first kappa shape index (κ1) is 20.0. The maximum absolute atomic E-state index is 12.1. The van der Waals surface area contributed by atoms with E-state index >= 15 is 0 Å². The van der Waals surface area contributed by atoms with Gasteiger partial charge in [-0.25, -0.2) is 9.59 Å². The number of methoxy groups -OCH3 is 1. The number of unbranched alkanes of at least 4 members (excludes halogenated alkanes) is 1. The lowest BCUT2D eigenvalue weighted by Crippen LogP contribution is -2.48. The minimum Gasteiger partial charge on any atom is -0.467 e. The van der Waals surface area contributed by atoms with Gasteiger partial charge in [-0.3, -0.25) is 0 Å². The minimum absolute atomic E-state index is 0.323. The first-order valence-corrected chi connectivity index (χ1v) is 8.76. The van der Waals surface area contributed by atoms with Crippen LogP contribution in [0.5, 0.6) is 0 Å². The molecule has 134 valence electrons. The van der Waals surface area contributed by atoms with E-state index in [1.807, 2.05) is 30.3 Å². The molecule has 5 nitrogen and oxygen atoms in total. The fourth-order valence-electron chi connectivity index (χ4n) is 2.57. The van der Waals surface area contributed by atoms with E-state index in [1.54, 1.807) is 0 Å². The van der Waals surface area contributed by atoms with Crippen LogP contribution in [0, 0.1) is 5.92 Å². The lowest BCUT2D eigenvalue weighted by Gasteiger charge is -2.19. The molecule has 2 N–H and O–H groups in total. The van der Waals surface area contributed by atoms with Crippen LogP contribution in [0.1, 0.15) is 45.1 Å². The van der Waals surface area contributed by atoms with Crippen LogP contribution in [0.4, 0.5) is 4.79 Å². The van der Waals surface area contributed by atoms with Crippen LogP contribution in [0.2, 0.25) is 0 Å². The molecule has 0 aromatic heterocycles. The number of urea groups is 1. The van der Waals surface area contributed by atoms with Crippen molar-refractivity contribution in [1.82, 2.24) is 10.6 Å². The van der Waals surface area contributed by atoms with Crippen LogP contribution < -0.4 is 10.6 Å². The average Bonchev–Trinajstić information content (AvgIpc) is 2.61. The van der Waals surface area contributed by atoms with Gasteiger partial charge in [0.15, 0.2) is 0 Å². The van der Waals surface area contributed by atoms with Crippen molar-refractivity contribution in [3.05, 3.63) is 35.9 Å². The smallest absolute Gasteiger partial charge is 0.328 e. The third-order valence-corrected chi connectivity index (χ3v) is 4.17. The topological polar surface area (TPSA) is 67.4 Å². The van der Waals surface area contributed by atoms with Gasteiger partial charge in [0.2, 0.25) is 0 Å². The van der Waals surface area contributed by atoms with E-state index in [0.29, 0.717) is 18.9 Å². The zero-order chi connectivity index (χ0) is 17.8. The fourth-order valence-corrected chi connectivity index (χ4v) is 2.57. The van der Waals surface area contributed by atoms with Crippen LogP contribution in [0.15, 0.2) is 30.3 Å². The number of nitrogens with one attached hydrogen (secondary N) is 2. The van der Waals surface area contributed by atoms with Gasteiger partial charge in [0.1, 0.15) is 6.04 Å². The van der Waals surface area contributed by atoms with Crippen molar-refractivity contribution in [2.24, 2.45) is 5.92 Å². The third kappa shape index (κ3) is 7.49. The highest BCUT2D eigenvalue weighted by molar-refractivity contribution is 5.83. The summed E-state index contributed by atoms with van der Waals surface area (Å²) < 4.78 is 4.80. The van der Waals surface area contributed by atoms with Gasteiger partial charge in [0, 0.05) is 13.0 Å². The highest BCUT2D eigenvalue weighted by Gasteiger charge is 2.22. The number of hydrogen-bond donors (Lipinski definition) is 2. The van der Waals surface area contributed by atoms with Crippen molar-refractivity contribution in [2.45, 2.75) is 52.0 Å². The van der Waals surface area contributed by atoms with Gasteiger partial charge in [-0.05, 0) is 17.9 Å². The summed E-state index contributed by atoms with van der Waals surface area (Å²) in [4.78, 5) is 24.1. The summed E-state index contributed by atoms with van der Waals surface area (Å²) in [6.45, 7) is 4.92. The predicted octanol–water partition coefficient (Wildman–Crippen LogP) is 3.29. The van der Waals surface area contributed by atoms with Crippen LogP contribution in [-0.2, 0) is 16.0 Å². The number of esters is 1. The first-order valence-electron chi connectivity index (χ1n) is 8.76. The van der Waals surface area contributed by atoms with Crippen molar-refractivity contribution in [3.63, 3.8) is 0 Å². The predicted molar refractivity (Wildman–Crippen MR) is 95.8 cm³/mol. The highest BCUT2D eigenvalue weighted by Crippen LogP contribution is 2.11. The van der Waals surface area contributed by atoms with Crippen LogP contribution in [0.25, 0.3) is 0 Å². The van der Waals surface area contributed by atoms with E-state index in [9.17, 15) is 9.59 Å². The molecule has 0 aliphatic carbocycles. The van der Waals surface area contributed by atoms with E-state index in [-0.39, 0.29) is 6.03 Å². The van der Waals surface area contributed by atoms with E-state index in [2.05, 4.69) is 24.5 Å². The molecule has 2 atom stereocenters.